The molecule has 4 heteroatoms. The van der Waals surface area contributed by atoms with Gasteiger partial charge in [0.15, 0.2) is 5.60 Å². The molecule has 0 atom stereocenters. The lowest BCUT2D eigenvalue weighted by molar-refractivity contribution is -0.167. The van der Waals surface area contributed by atoms with Crippen molar-refractivity contribution < 1.29 is 14.6 Å². The fraction of sp³-hybridized carbons (Fsp3) is 0.533. The molecule has 1 aromatic rings. The Morgan fingerprint density at radius 1 is 1.32 bits per heavy atom. The number of hydrogen-bond donors (Lipinski definition) is 1. The Kier molecular flexibility index (Phi) is 4.56. The van der Waals surface area contributed by atoms with E-state index in [1.165, 1.54) is 12.7 Å². The molecule has 0 aliphatic carbocycles. The Morgan fingerprint density at radius 2 is 1.95 bits per heavy atom. The summed E-state index contributed by atoms with van der Waals surface area (Å²) in [4.78, 5) is 13.8. The van der Waals surface area contributed by atoms with Gasteiger partial charge in [0.25, 0.3) is 0 Å². The van der Waals surface area contributed by atoms with Gasteiger partial charge >= 0.3 is 5.97 Å². The molecule has 2 rings (SSSR count). The molecule has 1 N–H and O–H groups in total. The van der Waals surface area contributed by atoms with Gasteiger partial charge in [-0.3, -0.25) is 0 Å². The molecular formula is C15H21NO3. The molecule has 1 fully saturated rings. The van der Waals surface area contributed by atoms with E-state index in [1.807, 2.05) is 18.2 Å². The van der Waals surface area contributed by atoms with Crippen LogP contribution in [0.25, 0.3) is 0 Å². The monoisotopic (exact) mass is 263 g/mol. The normalized spacial score (nSPS) is 19.1. The van der Waals surface area contributed by atoms with Gasteiger partial charge in [0.05, 0.1) is 7.11 Å². The van der Waals surface area contributed by atoms with E-state index in [-0.39, 0.29) is 0 Å². The number of benzene rings is 1. The second-order valence-electron chi connectivity index (χ2n) is 5.10. The van der Waals surface area contributed by atoms with E-state index >= 15 is 0 Å². The second-order valence-corrected chi connectivity index (χ2v) is 5.10. The molecule has 0 aromatic heterocycles. The summed E-state index contributed by atoms with van der Waals surface area (Å²) in [7, 11) is 1.32. The lowest BCUT2D eigenvalue weighted by Crippen LogP contribution is -2.50. The molecule has 0 amide bonds. The Labute approximate surface area is 114 Å². The number of carbonyl (C=O) groups is 1. The first-order chi connectivity index (χ1) is 9.14. The predicted octanol–water partition coefficient (Wildman–Crippen LogP) is 1.23. The van der Waals surface area contributed by atoms with Crippen LogP contribution in [0.15, 0.2) is 30.3 Å². The van der Waals surface area contributed by atoms with Gasteiger partial charge in [0, 0.05) is 19.6 Å². The van der Waals surface area contributed by atoms with Crippen LogP contribution in [0.3, 0.4) is 0 Å². The number of carbonyl (C=O) groups excluding carboxylic acids is 1. The smallest absolute Gasteiger partial charge is 0.337 e. The third-order valence-corrected chi connectivity index (χ3v) is 3.81. The Hall–Kier alpha value is -1.39. The number of esters is 1. The molecule has 0 spiro atoms. The van der Waals surface area contributed by atoms with Crippen LogP contribution in [0.1, 0.15) is 18.4 Å². The number of rotatable bonds is 4. The maximum absolute atomic E-state index is 11.5. The fourth-order valence-corrected chi connectivity index (χ4v) is 2.47. The molecule has 0 radical (unpaired) electrons. The quantitative estimate of drug-likeness (QED) is 0.830. The van der Waals surface area contributed by atoms with E-state index in [2.05, 4.69) is 21.8 Å². The second kappa shape index (κ2) is 6.17. The molecule has 0 saturated carbocycles. The molecule has 1 saturated heterocycles. The zero-order valence-electron chi connectivity index (χ0n) is 11.3. The van der Waals surface area contributed by atoms with Crippen molar-refractivity contribution in [3.05, 3.63) is 35.9 Å². The summed E-state index contributed by atoms with van der Waals surface area (Å²) in [6, 6.07) is 10.3. The van der Waals surface area contributed by atoms with Crippen molar-refractivity contribution in [1.82, 2.24) is 4.90 Å². The van der Waals surface area contributed by atoms with Crippen molar-refractivity contribution in [3.8, 4) is 0 Å². The number of aliphatic hydroxyl groups is 1. The van der Waals surface area contributed by atoms with E-state index in [0.29, 0.717) is 12.8 Å². The predicted molar refractivity (Wildman–Crippen MR) is 72.8 cm³/mol. The molecule has 104 valence electrons. The number of hydrogen-bond acceptors (Lipinski definition) is 4. The van der Waals surface area contributed by atoms with Crippen molar-refractivity contribution in [2.75, 3.05) is 26.7 Å². The van der Waals surface area contributed by atoms with E-state index in [1.54, 1.807) is 0 Å². The minimum Gasteiger partial charge on any atom is -0.467 e. The first-order valence-corrected chi connectivity index (χ1v) is 6.71. The van der Waals surface area contributed by atoms with Crippen LogP contribution in [-0.2, 0) is 16.0 Å². The fourth-order valence-electron chi connectivity index (χ4n) is 2.47. The molecule has 1 aliphatic rings. The molecular weight excluding hydrogens is 242 g/mol. The lowest BCUT2D eigenvalue weighted by Gasteiger charge is -2.36. The summed E-state index contributed by atoms with van der Waals surface area (Å²) < 4.78 is 4.65. The zero-order valence-corrected chi connectivity index (χ0v) is 11.3. The lowest BCUT2D eigenvalue weighted by atomic mass is 9.91. The third-order valence-electron chi connectivity index (χ3n) is 3.81. The standard InChI is InChI=1S/C15H21NO3/c1-19-14(17)15(18)8-11-16(12-9-15)10-7-13-5-3-2-4-6-13/h2-6,18H,7-12H2,1H3. The largest absolute Gasteiger partial charge is 0.467 e. The maximum atomic E-state index is 11.5. The SMILES string of the molecule is COC(=O)C1(O)CCN(CCc2ccccc2)CC1. The number of piperidine rings is 1. The van der Waals surface area contributed by atoms with Gasteiger partial charge in [0.1, 0.15) is 0 Å². The molecule has 19 heavy (non-hydrogen) atoms. The number of ether oxygens (including phenoxy) is 1. The highest BCUT2D eigenvalue weighted by Gasteiger charge is 2.40. The van der Waals surface area contributed by atoms with Gasteiger partial charge in [-0.05, 0) is 24.8 Å². The minimum atomic E-state index is -1.28. The minimum absolute atomic E-state index is 0.453. The van der Waals surface area contributed by atoms with Crippen LogP contribution < -0.4 is 0 Å². The Bertz CT molecular complexity index is 411. The van der Waals surface area contributed by atoms with E-state index < -0.39 is 11.6 Å². The van der Waals surface area contributed by atoms with Crippen molar-refractivity contribution in [1.29, 1.82) is 0 Å². The van der Waals surface area contributed by atoms with E-state index in [4.69, 9.17) is 0 Å². The first-order valence-electron chi connectivity index (χ1n) is 6.71. The Morgan fingerprint density at radius 3 is 2.53 bits per heavy atom. The van der Waals surface area contributed by atoms with E-state index in [9.17, 15) is 9.90 Å². The summed E-state index contributed by atoms with van der Waals surface area (Å²) in [5.74, 6) is -0.504. The van der Waals surface area contributed by atoms with Gasteiger partial charge < -0.3 is 14.7 Å². The van der Waals surface area contributed by atoms with Crippen LogP contribution in [0.2, 0.25) is 0 Å². The van der Waals surface area contributed by atoms with Crippen LogP contribution >= 0.6 is 0 Å². The average molecular weight is 263 g/mol. The molecule has 0 unspecified atom stereocenters. The van der Waals surface area contributed by atoms with Crippen LogP contribution in [0.5, 0.6) is 0 Å². The number of nitrogens with zero attached hydrogens (tertiary/aromatic N) is 1. The number of methoxy groups -OCH3 is 1. The van der Waals surface area contributed by atoms with Crippen LogP contribution in [-0.4, -0.2) is 48.3 Å². The maximum Gasteiger partial charge on any atom is 0.337 e. The van der Waals surface area contributed by atoms with Gasteiger partial charge in [-0.25, -0.2) is 4.79 Å². The summed E-state index contributed by atoms with van der Waals surface area (Å²) in [5, 5.41) is 10.1. The van der Waals surface area contributed by atoms with Gasteiger partial charge in [-0.2, -0.15) is 0 Å². The summed E-state index contributed by atoms with van der Waals surface area (Å²) in [5.41, 5.74) is 0.0363. The van der Waals surface area contributed by atoms with Crippen LogP contribution in [0.4, 0.5) is 0 Å². The topological polar surface area (TPSA) is 49.8 Å². The highest BCUT2D eigenvalue weighted by molar-refractivity contribution is 5.79. The van der Waals surface area contributed by atoms with Crippen molar-refractivity contribution in [2.45, 2.75) is 24.9 Å². The highest BCUT2D eigenvalue weighted by Crippen LogP contribution is 2.23. The molecule has 1 aromatic carbocycles. The highest BCUT2D eigenvalue weighted by atomic mass is 16.5. The van der Waals surface area contributed by atoms with Crippen molar-refractivity contribution >= 4 is 5.97 Å². The first kappa shape index (κ1) is 14.0. The molecule has 1 aliphatic heterocycles. The molecule has 1 heterocycles. The summed E-state index contributed by atoms with van der Waals surface area (Å²) in [6.45, 7) is 2.43. The number of likely N-dealkylation sites (tertiary alicyclic amines) is 1. The Balaban J connectivity index is 1.79. The van der Waals surface area contributed by atoms with Crippen LogP contribution in [0, 0.1) is 0 Å². The van der Waals surface area contributed by atoms with Crippen molar-refractivity contribution in [3.63, 3.8) is 0 Å². The molecule has 4 nitrogen and oxygen atoms in total. The van der Waals surface area contributed by atoms with Gasteiger partial charge in [-0.1, -0.05) is 30.3 Å². The summed E-state index contributed by atoms with van der Waals surface area (Å²) in [6.07, 6.45) is 1.90. The van der Waals surface area contributed by atoms with Gasteiger partial charge in [0.2, 0.25) is 0 Å². The van der Waals surface area contributed by atoms with Crippen molar-refractivity contribution in [2.24, 2.45) is 0 Å². The molecule has 0 bridgehead atoms. The van der Waals surface area contributed by atoms with E-state index in [0.717, 1.165) is 26.1 Å². The third kappa shape index (κ3) is 3.55. The summed E-state index contributed by atoms with van der Waals surface area (Å²) >= 11 is 0. The zero-order chi connectivity index (χ0) is 13.7. The average Bonchev–Trinajstić information content (AvgIpc) is 2.47. The van der Waals surface area contributed by atoms with Gasteiger partial charge in [-0.15, -0.1) is 0 Å².